The lowest BCUT2D eigenvalue weighted by Crippen LogP contribution is -2.25. The van der Waals surface area contributed by atoms with Crippen LogP contribution >= 0.6 is 23.2 Å². The van der Waals surface area contributed by atoms with Crippen molar-refractivity contribution in [2.75, 3.05) is 18.9 Å². The number of nitrogen functional groups attached to an aromatic ring is 1. The molecule has 0 saturated carbocycles. The van der Waals surface area contributed by atoms with Crippen molar-refractivity contribution in [1.82, 2.24) is 14.8 Å². The second-order valence-corrected chi connectivity index (χ2v) is 8.68. The third kappa shape index (κ3) is 3.81. The number of rotatable bonds is 5. The molecule has 1 unspecified atom stereocenters. The van der Waals surface area contributed by atoms with Crippen LogP contribution in [0.4, 0.5) is 10.2 Å². The summed E-state index contributed by atoms with van der Waals surface area (Å²) in [6.45, 7) is 2.99. The molecular formula is C22H21Cl2FN4O3. The Kier molecular flexibility index (Phi) is 5.71. The van der Waals surface area contributed by atoms with Crippen molar-refractivity contribution in [3.8, 4) is 16.9 Å². The van der Waals surface area contributed by atoms with Gasteiger partial charge in [-0.2, -0.15) is 5.10 Å². The number of halogens is 3. The fourth-order valence-corrected chi connectivity index (χ4v) is 4.89. The molecule has 0 aliphatic carbocycles. The van der Waals surface area contributed by atoms with Crippen molar-refractivity contribution in [1.29, 1.82) is 0 Å². The monoisotopic (exact) mass is 478 g/mol. The number of nitrogens with zero attached hydrogens (tertiary/aromatic N) is 3. The van der Waals surface area contributed by atoms with Gasteiger partial charge in [-0.05, 0) is 31.5 Å². The van der Waals surface area contributed by atoms with Crippen molar-refractivity contribution >= 4 is 29.0 Å². The Hall–Kier alpha value is -2.39. The molecule has 1 aromatic carbocycles. The predicted molar refractivity (Wildman–Crippen MR) is 118 cm³/mol. The van der Waals surface area contributed by atoms with E-state index in [1.807, 2.05) is 10.9 Å². The maximum absolute atomic E-state index is 13.9. The van der Waals surface area contributed by atoms with Crippen molar-refractivity contribution in [2.24, 2.45) is 0 Å². The Morgan fingerprint density at radius 2 is 2.09 bits per heavy atom. The predicted octanol–water partition coefficient (Wildman–Crippen LogP) is 4.84. The number of nitrogens with two attached hydrogens (primary N) is 1. The number of aromatic nitrogens is 3. The number of fused-ring (bicyclic) bond motifs is 1. The first-order valence-corrected chi connectivity index (χ1v) is 11.0. The summed E-state index contributed by atoms with van der Waals surface area (Å²) in [5.41, 5.74) is 7.99. The first-order valence-electron chi connectivity index (χ1n) is 10.3. The molecule has 32 heavy (non-hydrogen) atoms. The van der Waals surface area contributed by atoms with Crippen LogP contribution in [0.15, 0.2) is 36.8 Å². The number of anilines is 1. The minimum atomic E-state index is -0.653. The fraction of sp³-hybridized carbons (Fsp3) is 0.364. The Morgan fingerprint density at radius 1 is 1.25 bits per heavy atom. The van der Waals surface area contributed by atoms with Crippen LogP contribution in [0.3, 0.4) is 0 Å². The third-order valence-electron chi connectivity index (χ3n) is 5.89. The lowest BCUT2D eigenvalue weighted by atomic mass is 10.1. The summed E-state index contributed by atoms with van der Waals surface area (Å²) in [5, 5.41) is 4.73. The van der Waals surface area contributed by atoms with Crippen molar-refractivity contribution < 1.29 is 18.6 Å². The summed E-state index contributed by atoms with van der Waals surface area (Å²) in [7, 11) is 0. The van der Waals surface area contributed by atoms with E-state index >= 15 is 0 Å². The van der Waals surface area contributed by atoms with Gasteiger partial charge in [-0.25, -0.2) is 9.37 Å². The molecule has 0 radical (unpaired) electrons. The zero-order valence-electron chi connectivity index (χ0n) is 17.2. The lowest BCUT2D eigenvalue weighted by molar-refractivity contribution is 0.0634. The zero-order chi connectivity index (χ0) is 22.4. The van der Waals surface area contributed by atoms with E-state index < -0.39 is 11.9 Å². The molecule has 0 spiro atoms. The van der Waals surface area contributed by atoms with Gasteiger partial charge < -0.3 is 19.9 Å². The van der Waals surface area contributed by atoms with Gasteiger partial charge >= 0.3 is 0 Å². The zero-order valence-corrected chi connectivity index (χ0v) is 18.7. The molecular weight excluding hydrogens is 458 g/mol. The highest BCUT2D eigenvalue weighted by Crippen LogP contribution is 2.38. The SMILES string of the molecule is C[C@@H](Oc1cc(-c2cnn(C3CO[C@H]4CCO[C@@H]34)c2)cnc1N)c1c(Cl)ccc(F)c1Cl. The van der Waals surface area contributed by atoms with Gasteiger partial charge in [0, 0.05) is 40.7 Å². The second kappa shape index (κ2) is 8.51. The van der Waals surface area contributed by atoms with Crippen LogP contribution in [0.2, 0.25) is 10.0 Å². The van der Waals surface area contributed by atoms with E-state index in [2.05, 4.69) is 10.1 Å². The smallest absolute Gasteiger partial charge is 0.166 e. The van der Waals surface area contributed by atoms with Crippen LogP contribution < -0.4 is 10.5 Å². The highest BCUT2D eigenvalue weighted by molar-refractivity contribution is 6.36. The topological polar surface area (TPSA) is 84.4 Å². The normalized spacial score (nSPS) is 23.3. The first kappa shape index (κ1) is 21.5. The van der Waals surface area contributed by atoms with Crippen LogP contribution in [-0.4, -0.2) is 40.2 Å². The average molecular weight is 479 g/mol. The molecule has 168 valence electrons. The van der Waals surface area contributed by atoms with Gasteiger partial charge in [0.15, 0.2) is 11.6 Å². The molecule has 2 aliphatic heterocycles. The molecule has 2 aromatic heterocycles. The highest BCUT2D eigenvalue weighted by atomic mass is 35.5. The molecule has 4 heterocycles. The van der Waals surface area contributed by atoms with E-state index in [1.165, 1.54) is 12.1 Å². The molecule has 3 aromatic rings. The standard InChI is InChI=1S/C22H21Cl2FN4O3/c1-11(19-14(23)2-3-15(25)20(19)24)32-18-6-12(7-27-22(18)26)13-8-28-29(9-13)16-10-31-17-4-5-30-21(16)17/h2-3,6-9,11,16-17,21H,4-5,10H2,1H3,(H2,26,27)/t11-,16?,17+,21+/m1/s1. The molecule has 5 rings (SSSR count). The highest BCUT2D eigenvalue weighted by Gasteiger charge is 2.43. The van der Waals surface area contributed by atoms with E-state index in [9.17, 15) is 4.39 Å². The second-order valence-electron chi connectivity index (χ2n) is 7.90. The molecule has 0 amide bonds. The molecule has 2 saturated heterocycles. The quantitative estimate of drug-likeness (QED) is 0.528. The van der Waals surface area contributed by atoms with E-state index in [4.69, 9.17) is 43.1 Å². The molecule has 7 nitrogen and oxygen atoms in total. The van der Waals surface area contributed by atoms with Gasteiger partial charge in [-0.3, -0.25) is 4.68 Å². The average Bonchev–Trinajstić information content (AvgIpc) is 3.49. The fourth-order valence-electron chi connectivity index (χ4n) is 4.21. The molecule has 2 aliphatic rings. The van der Waals surface area contributed by atoms with E-state index in [1.54, 1.807) is 25.4 Å². The van der Waals surface area contributed by atoms with Crippen LogP contribution in [0.5, 0.6) is 5.75 Å². The molecule has 10 heteroatoms. The van der Waals surface area contributed by atoms with Gasteiger partial charge in [0.2, 0.25) is 0 Å². The van der Waals surface area contributed by atoms with E-state index in [-0.39, 0.29) is 29.1 Å². The largest absolute Gasteiger partial charge is 0.482 e. The van der Waals surface area contributed by atoms with E-state index in [0.717, 1.165) is 17.5 Å². The Balaban J connectivity index is 1.39. The van der Waals surface area contributed by atoms with Gasteiger partial charge in [0.05, 0.1) is 23.9 Å². The van der Waals surface area contributed by atoms with Gasteiger partial charge in [0.1, 0.15) is 24.1 Å². The lowest BCUT2D eigenvalue weighted by Gasteiger charge is -2.19. The minimum absolute atomic E-state index is 0.0211. The molecule has 2 N–H and O–H groups in total. The van der Waals surface area contributed by atoms with Crippen molar-refractivity contribution in [2.45, 2.75) is 37.7 Å². The van der Waals surface area contributed by atoms with Crippen LogP contribution in [0, 0.1) is 5.82 Å². The van der Waals surface area contributed by atoms with Crippen molar-refractivity contribution in [3.63, 3.8) is 0 Å². The van der Waals surface area contributed by atoms with Crippen LogP contribution in [0.25, 0.3) is 11.1 Å². The van der Waals surface area contributed by atoms with Crippen LogP contribution in [-0.2, 0) is 9.47 Å². The number of hydrogen-bond acceptors (Lipinski definition) is 6. The van der Waals surface area contributed by atoms with E-state index in [0.29, 0.717) is 29.5 Å². The Bertz CT molecular complexity index is 1160. The number of ether oxygens (including phenoxy) is 3. The molecule has 4 atom stereocenters. The maximum atomic E-state index is 13.9. The van der Waals surface area contributed by atoms with Gasteiger partial charge in [-0.1, -0.05) is 23.2 Å². The van der Waals surface area contributed by atoms with Gasteiger partial charge in [-0.15, -0.1) is 0 Å². The maximum Gasteiger partial charge on any atom is 0.166 e. The number of benzene rings is 1. The Morgan fingerprint density at radius 3 is 2.94 bits per heavy atom. The summed E-state index contributed by atoms with van der Waals surface area (Å²) in [5.74, 6) is -0.0382. The first-order chi connectivity index (χ1) is 15.4. The summed E-state index contributed by atoms with van der Waals surface area (Å²) in [6.07, 6.45) is 5.74. The summed E-state index contributed by atoms with van der Waals surface area (Å²) < 4.78 is 33.4. The minimum Gasteiger partial charge on any atom is -0.482 e. The van der Waals surface area contributed by atoms with Crippen LogP contribution in [0.1, 0.15) is 31.1 Å². The number of pyridine rings is 1. The molecule has 0 bridgehead atoms. The number of hydrogen-bond donors (Lipinski definition) is 1. The third-order valence-corrected chi connectivity index (χ3v) is 6.60. The Labute approximate surface area is 194 Å². The van der Waals surface area contributed by atoms with Crippen molar-refractivity contribution in [3.05, 3.63) is 58.2 Å². The summed E-state index contributed by atoms with van der Waals surface area (Å²) in [6, 6.07) is 4.45. The summed E-state index contributed by atoms with van der Waals surface area (Å²) in [4.78, 5) is 4.25. The molecule has 2 fully saturated rings. The summed E-state index contributed by atoms with van der Waals surface area (Å²) >= 11 is 12.3. The van der Waals surface area contributed by atoms with Gasteiger partial charge in [0.25, 0.3) is 0 Å².